The molecule has 0 saturated carbocycles. The van der Waals surface area contributed by atoms with E-state index in [1.807, 2.05) is 0 Å². The van der Waals surface area contributed by atoms with Crippen molar-refractivity contribution in [3.8, 4) is 0 Å². The van der Waals surface area contributed by atoms with Gasteiger partial charge in [-0.2, -0.15) is 0 Å². The van der Waals surface area contributed by atoms with Crippen LogP contribution < -0.4 is 0 Å². The molecule has 1 heterocycles. The summed E-state index contributed by atoms with van der Waals surface area (Å²) in [6, 6.07) is 0. The Kier molecular flexibility index (Phi) is 2.58. The summed E-state index contributed by atoms with van der Waals surface area (Å²) in [7, 11) is 2.57. The minimum atomic E-state index is -3.91. The first-order valence-electron chi connectivity index (χ1n) is 2.66. The molecule has 0 saturated heterocycles. The highest BCUT2D eigenvalue weighted by Crippen LogP contribution is 2.26. The van der Waals surface area contributed by atoms with Crippen LogP contribution in [-0.4, -0.2) is 18.0 Å². The Morgan fingerprint density at radius 3 is 2.08 bits per heavy atom. The molecule has 1 aromatic rings. The third-order valence-corrected chi connectivity index (χ3v) is 3.24. The topological polar surface area (TPSA) is 52.0 Å². The van der Waals surface area contributed by atoms with E-state index in [4.69, 9.17) is 33.9 Å². The molecule has 0 spiro atoms. The SMILES string of the molecule is Cn1c(Cl)nc(S(=O)(=O)Cl)c1Cl. The Hall–Kier alpha value is 0.0300. The molecule has 0 aromatic carbocycles. The number of aromatic nitrogens is 2. The van der Waals surface area contributed by atoms with Crippen LogP contribution in [-0.2, 0) is 16.1 Å². The molecular weight excluding hydrogens is 246 g/mol. The Bertz CT molecular complexity index is 410. The van der Waals surface area contributed by atoms with Gasteiger partial charge < -0.3 is 4.57 Å². The van der Waals surface area contributed by atoms with Crippen molar-refractivity contribution in [1.29, 1.82) is 0 Å². The number of halogens is 3. The lowest BCUT2D eigenvalue weighted by atomic mass is 10.9. The molecule has 8 heteroatoms. The summed E-state index contributed by atoms with van der Waals surface area (Å²) < 4.78 is 22.7. The Labute approximate surface area is 83.5 Å². The smallest absolute Gasteiger partial charge is 0.281 e. The number of imidazole rings is 1. The van der Waals surface area contributed by atoms with Gasteiger partial charge in [-0.15, -0.1) is 0 Å². The molecule has 0 aliphatic heterocycles. The second-order valence-electron chi connectivity index (χ2n) is 1.97. The van der Waals surface area contributed by atoms with Gasteiger partial charge in [-0.05, 0) is 11.6 Å². The van der Waals surface area contributed by atoms with Crippen LogP contribution in [0.4, 0.5) is 0 Å². The largest absolute Gasteiger partial charge is 0.308 e. The summed E-state index contributed by atoms with van der Waals surface area (Å²) in [5.41, 5.74) is 0. The van der Waals surface area contributed by atoms with Crippen molar-refractivity contribution in [3.05, 3.63) is 10.4 Å². The van der Waals surface area contributed by atoms with Gasteiger partial charge >= 0.3 is 0 Å². The first-order valence-corrected chi connectivity index (χ1v) is 5.73. The van der Waals surface area contributed by atoms with Crippen LogP contribution in [0, 0.1) is 0 Å². The van der Waals surface area contributed by atoms with E-state index in [1.165, 1.54) is 11.6 Å². The van der Waals surface area contributed by atoms with Crippen molar-refractivity contribution in [2.45, 2.75) is 5.03 Å². The zero-order valence-corrected chi connectivity index (χ0v) is 8.84. The van der Waals surface area contributed by atoms with Crippen LogP contribution in [0.1, 0.15) is 0 Å². The van der Waals surface area contributed by atoms with E-state index < -0.39 is 14.1 Å². The van der Waals surface area contributed by atoms with Crippen LogP contribution in [0.3, 0.4) is 0 Å². The summed E-state index contributed by atoms with van der Waals surface area (Å²) in [6.07, 6.45) is 0. The van der Waals surface area contributed by atoms with Gasteiger partial charge in [0.25, 0.3) is 9.05 Å². The molecule has 0 aliphatic rings. The lowest BCUT2D eigenvalue weighted by Crippen LogP contribution is -1.92. The maximum absolute atomic E-state index is 10.8. The molecule has 0 aliphatic carbocycles. The summed E-state index contributed by atoms with van der Waals surface area (Å²) in [5, 5.41) is -0.549. The van der Waals surface area contributed by atoms with Crippen LogP contribution in [0.2, 0.25) is 10.4 Å². The fraction of sp³-hybridized carbons (Fsp3) is 0.250. The fourth-order valence-electron chi connectivity index (χ4n) is 0.585. The highest BCUT2D eigenvalue weighted by molar-refractivity contribution is 8.13. The van der Waals surface area contributed by atoms with Crippen LogP contribution in [0.15, 0.2) is 5.03 Å². The first-order chi connectivity index (χ1) is 5.34. The van der Waals surface area contributed by atoms with Gasteiger partial charge in [0, 0.05) is 17.7 Å². The van der Waals surface area contributed by atoms with Crippen molar-refractivity contribution in [3.63, 3.8) is 0 Å². The molecule has 0 atom stereocenters. The number of nitrogens with zero attached hydrogens (tertiary/aromatic N) is 2. The Balaban J connectivity index is 3.48. The fourth-order valence-corrected chi connectivity index (χ4v) is 2.25. The van der Waals surface area contributed by atoms with Gasteiger partial charge in [0.2, 0.25) is 10.3 Å². The maximum atomic E-state index is 10.8. The van der Waals surface area contributed by atoms with Gasteiger partial charge in [0.05, 0.1) is 0 Å². The summed E-state index contributed by atoms with van der Waals surface area (Å²) in [5.74, 6) is 0. The molecule has 12 heavy (non-hydrogen) atoms. The van der Waals surface area contributed by atoms with E-state index in [9.17, 15) is 8.42 Å². The normalized spacial score (nSPS) is 12.0. The van der Waals surface area contributed by atoms with Crippen LogP contribution >= 0.6 is 33.9 Å². The average Bonchev–Trinajstić information content (AvgIpc) is 2.15. The standard InChI is InChI=1S/C4H3Cl3N2O2S/c1-9-2(5)3(8-4(9)6)12(7,10)11/h1H3. The van der Waals surface area contributed by atoms with Crippen molar-refractivity contribution < 1.29 is 8.42 Å². The van der Waals surface area contributed by atoms with E-state index in [-0.39, 0.29) is 10.4 Å². The van der Waals surface area contributed by atoms with Crippen molar-refractivity contribution >= 4 is 42.9 Å². The molecule has 0 amide bonds. The molecule has 0 bridgehead atoms. The average molecular weight is 250 g/mol. The molecule has 4 nitrogen and oxygen atoms in total. The third-order valence-electron chi connectivity index (χ3n) is 1.17. The second-order valence-corrected chi connectivity index (χ2v) is 5.15. The molecule has 0 N–H and O–H groups in total. The highest BCUT2D eigenvalue weighted by atomic mass is 35.7. The highest BCUT2D eigenvalue weighted by Gasteiger charge is 2.22. The van der Waals surface area contributed by atoms with Crippen molar-refractivity contribution in [2.75, 3.05) is 0 Å². The lowest BCUT2D eigenvalue weighted by molar-refractivity contribution is 0.606. The van der Waals surface area contributed by atoms with Gasteiger partial charge in [0.15, 0.2) is 0 Å². The van der Waals surface area contributed by atoms with E-state index in [0.29, 0.717) is 0 Å². The van der Waals surface area contributed by atoms with E-state index in [2.05, 4.69) is 4.98 Å². The van der Waals surface area contributed by atoms with E-state index in [1.54, 1.807) is 0 Å². The predicted octanol–water partition coefficient (Wildman–Crippen LogP) is 1.65. The maximum Gasteiger partial charge on any atom is 0.281 e. The van der Waals surface area contributed by atoms with E-state index >= 15 is 0 Å². The van der Waals surface area contributed by atoms with Crippen LogP contribution in [0.5, 0.6) is 0 Å². The monoisotopic (exact) mass is 248 g/mol. The second kappa shape index (κ2) is 3.06. The van der Waals surface area contributed by atoms with Gasteiger partial charge in [0.1, 0.15) is 5.15 Å². The minimum absolute atomic E-state index is 0.0285. The van der Waals surface area contributed by atoms with Crippen molar-refractivity contribution in [2.24, 2.45) is 7.05 Å². The Morgan fingerprint density at radius 2 is 1.92 bits per heavy atom. The third kappa shape index (κ3) is 1.69. The summed E-state index contributed by atoms with van der Waals surface area (Å²) in [4.78, 5) is 3.46. The molecular formula is C4H3Cl3N2O2S. The van der Waals surface area contributed by atoms with E-state index in [0.717, 1.165) is 0 Å². The molecule has 0 fully saturated rings. The zero-order chi connectivity index (χ0) is 9.52. The molecule has 68 valence electrons. The number of hydrogen-bond donors (Lipinski definition) is 0. The zero-order valence-electron chi connectivity index (χ0n) is 5.75. The van der Waals surface area contributed by atoms with Crippen LogP contribution in [0.25, 0.3) is 0 Å². The van der Waals surface area contributed by atoms with Gasteiger partial charge in [-0.3, -0.25) is 0 Å². The summed E-state index contributed by atoms with van der Waals surface area (Å²) >= 11 is 11.0. The quantitative estimate of drug-likeness (QED) is 0.711. The molecule has 0 unspecified atom stereocenters. The number of rotatable bonds is 1. The lowest BCUT2D eigenvalue weighted by Gasteiger charge is -1.92. The van der Waals surface area contributed by atoms with Gasteiger partial charge in [-0.25, -0.2) is 13.4 Å². The summed E-state index contributed by atoms with van der Waals surface area (Å²) in [6.45, 7) is 0. The van der Waals surface area contributed by atoms with Gasteiger partial charge in [-0.1, -0.05) is 11.6 Å². The van der Waals surface area contributed by atoms with Crippen molar-refractivity contribution in [1.82, 2.24) is 9.55 Å². The predicted molar refractivity (Wildman–Crippen MR) is 46.3 cm³/mol. The first kappa shape index (κ1) is 10.1. The molecule has 1 aromatic heterocycles. The minimum Gasteiger partial charge on any atom is -0.308 e. The molecule has 0 radical (unpaired) electrons. The molecule has 1 rings (SSSR count). The Morgan fingerprint density at radius 1 is 1.42 bits per heavy atom. The number of hydrogen-bond acceptors (Lipinski definition) is 3.